The van der Waals surface area contributed by atoms with E-state index < -0.39 is 11.0 Å². The molecule has 102 valence electrons. The Kier molecular flexibility index (Phi) is 3.06. The van der Waals surface area contributed by atoms with E-state index in [9.17, 15) is 15.2 Å². The van der Waals surface area contributed by atoms with Crippen LogP contribution in [0.15, 0.2) is 18.2 Å². The van der Waals surface area contributed by atoms with Gasteiger partial charge in [0.15, 0.2) is 0 Å². The van der Waals surface area contributed by atoms with Crippen molar-refractivity contribution in [1.82, 2.24) is 9.55 Å². The molecule has 1 aromatic heterocycles. The summed E-state index contributed by atoms with van der Waals surface area (Å²) in [5.74, 6) is 0.517. The Morgan fingerprint density at radius 2 is 2.05 bits per heavy atom. The molecular weight excluding hydrogens is 246 g/mol. The van der Waals surface area contributed by atoms with Crippen LogP contribution in [0.2, 0.25) is 0 Å². The predicted octanol–water partition coefficient (Wildman–Crippen LogP) is 2.75. The highest BCUT2D eigenvalue weighted by atomic mass is 16.6. The lowest BCUT2D eigenvalue weighted by Gasteiger charge is -2.25. The summed E-state index contributed by atoms with van der Waals surface area (Å²) in [7, 11) is 0. The number of hydrogen-bond donors (Lipinski definition) is 1. The average molecular weight is 263 g/mol. The maximum atomic E-state index is 10.8. The van der Waals surface area contributed by atoms with Crippen molar-refractivity contribution < 1.29 is 10.0 Å². The lowest BCUT2D eigenvalue weighted by molar-refractivity contribution is -0.384. The van der Waals surface area contributed by atoms with E-state index in [-0.39, 0.29) is 11.2 Å². The van der Waals surface area contributed by atoms with Crippen LogP contribution in [0.5, 0.6) is 0 Å². The summed E-state index contributed by atoms with van der Waals surface area (Å²) in [5, 5.41) is 20.6. The fourth-order valence-electron chi connectivity index (χ4n) is 2.19. The van der Waals surface area contributed by atoms with Crippen molar-refractivity contribution in [3.8, 4) is 0 Å². The number of imidazole rings is 1. The Balaban J connectivity index is 2.78. The molecule has 6 nitrogen and oxygen atoms in total. The van der Waals surface area contributed by atoms with Crippen molar-refractivity contribution >= 4 is 16.7 Å². The Labute approximate surface area is 110 Å². The maximum absolute atomic E-state index is 10.8. The van der Waals surface area contributed by atoms with Crippen LogP contribution in [0, 0.1) is 10.1 Å². The molecule has 0 saturated heterocycles. The molecule has 1 heterocycles. The summed E-state index contributed by atoms with van der Waals surface area (Å²) >= 11 is 0. The quantitative estimate of drug-likeness (QED) is 0.667. The minimum atomic E-state index is -0.731. The van der Waals surface area contributed by atoms with Gasteiger partial charge in [0.25, 0.3) is 5.69 Å². The number of aliphatic hydroxyl groups is 1. The molecule has 0 saturated carbocycles. The van der Waals surface area contributed by atoms with E-state index in [4.69, 9.17) is 0 Å². The Hall–Kier alpha value is -1.95. The fourth-order valence-corrected chi connectivity index (χ4v) is 2.19. The summed E-state index contributed by atoms with van der Waals surface area (Å²) in [6.07, 6.45) is -0.731. The first-order valence-corrected chi connectivity index (χ1v) is 6.07. The van der Waals surface area contributed by atoms with Crippen LogP contribution in [0.4, 0.5) is 5.69 Å². The van der Waals surface area contributed by atoms with Crippen LogP contribution in [0.25, 0.3) is 11.0 Å². The van der Waals surface area contributed by atoms with E-state index in [2.05, 4.69) is 4.98 Å². The maximum Gasteiger partial charge on any atom is 0.271 e. The molecule has 2 rings (SSSR count). The fraction of sp³-hybridized carbons (Fsp3) is 0.462. The number of aliphatic hydroxyl groups excluding tert-OH is 1. The number of rotatable bonds is 2. The molecule has 1 aromatic carbocycles. The highest BCUT2D eigenvalue weighted by molar-refractivity contribution is 5.79. The van der Waals surface area contributed by atoms with Crippen molar-refractivity contribution in [2.24, 2.45) is 0 Å². The first-order valence-electron chi connectivity index (χ1n) is 6.07. The molecule has 0 aliphatic rings. The van der Waals surface area contributed by atoms with Crippen LogP contribution in [-0.2, 0) is 5.54 Å². The number of benzene rings is 1. The number of nitro groups is 1. The second-order valence-corrected chi connectivity index (χ2v) is 5.58. The smallest absolute Gasteiger partial charge is 0.271 e. The molecule has 0 aliphatic carbocycles. The average Bonchev–Trinajstić information content (AvgIpc) is 2.66. The van der Waals surface area contributed by atoms with Crippen molar-refractivity contribution in [3.63, 3.8) is 0 Å². The zero-order chi connectivity index (χ0) is 14.4. The molecule has 0 bridgehead atoms. The van der Waals surface area contributed by atoms with E-state index in [1.807, 2.05) is 25.3 Å². The van der Waals surface area contributed by atoms with Gasteiger partial charge in [0, 0.05) is 17.7 Å². The first kappa shape index (κ1) is 13.5. The van der Waals surface area contributed by atoms with Gasteiger partial charge in [0.2, 0.25) is 0 Å². The number of nitrogens with zero attached hydrogens (tertiary/aromatic N) is 3. The second kappa shape index (κ2) is 4.31. The minimum Gasteiger partial charge on any atom is -0.385 e. The van der Waals surface area contributed by atoms with Gasteiger partial charge >= 0.3 is 0 Å². The monoisotopic (exact) mass is 263 g/mol. The summed E-state index contributed by atoms with van der Waals surface area (Å²) in [6, 6.07) is 4.57. The van der Waals surface area contributed by atoms with Gasteiger partial charge in [-0.2, -0.15) is 0 Å². The zero-order valence-corrected chi connectivity index (χ0v) is 11.4. The number of fused-ring (bicyclic) bond motifs is 1. The van der Waals surface area contributed by atoms with E-state index in [0.29, 0.717) is 11.3 Å². The molecule has 0 spiro atoms. The third-order valence-electron chi connectivity index (χ3n) is 2.92. The lowest BCUT2D eigenvalue weighted by Crippen LogP contribution is -2.24. The SMILES string of the molecule is C[C@@H](O)c1nc2cc([N+](=O)[O-])ccc2n1C(C)(C)C. The van der Waals surface area contributed by atoms with Crippen LogP contribution < -0.4 is 0 Å². The number of non-ortho nitro benzene ring substituents is 1. The van der Waals surface area contributed by atoms with E-state index in [1.54, 1.807) is 13.0 Å². The predicted molar refractivity (Wildman–Crippen MR) is 72.0 cm³/mol. The van der Waals surface area contributed by atoms with Crippen molar-refractivity contribution in [2.45, 2.75) is 39.3 Å². The van der Waals surface area contributed by atoms with Crippen LogP contribution in [-0.4, -0.2) is 19.6 Å². The molecule has 0 unspecified atom stereocenters. The normalized spacial score (nSPS) is 13.7. The van der Waals surface area contributed by atoms with Gasteiger partial charge in [-0.3, -0.25) is 10.1 Å². The lowest BCUT2D eigenvalue weighted by atomic mass is 10.1. The van der Waals surface area contributed by atoms with Gasteiger partial charge in [-0.25, -0.2) is 4.98 Å². The van der Waals surface area contributed by atoms with Gasteiger partial charge in [-0.05, 0) is 33.8 Å². The molecule has 0 amide bonds. The van der Waals surface area contributed by atoms with Crippen LogP contribution >= 0.6 is 0 Å². The standard InChI is InChI=1S/C13H17N3O3/c1-8(17)12-14-10-7-9(16(18)19)5-6-11(10)15(12)13(2,3)4/h5-8,17H,1-4H3/t8-/m1/s1. The topological polar surface area (TPSA) is 81.2 Å². The van der Waals surface area contributed by atoms with Gasteiger partial charge in [-0.1, -0.05) is 0 Å². The van der Waals surface area contributed by atoms with Gasteiger partial charge in [0.1, 0.15) is 11.9 Å². The summed E-state index contributed by atoms with van der Waals surface area (Å²) in [5.41, 5.74) is 1.05. The number of aromatic nitrogens is 2. The zero-order valence-electron chi connectivity index (χ0n) is 11.4. The molecular formula is C13H17N3O3. The molecule has 1 N–H and O–H groups in total. The number of hydrogen-bond acceptors (Lipinski definition) is 4. The Bertz CT molecular complexity index is 638. The van der Waals surface area contributed by atoms with Crippen molar-refractivity contribution in [2.75, 3.05) is 0 Å². The summed E-state index contributed by atoms with van der Waals surface area (Å²) in [6.45, 7) is 7.64. The summed E-state index contributed by atoms with van der Waals surface area (Å²) in [4.78, 5) is 14.7. The molecule has 0 fully saturated rings. The molecule has 6 heteroatoms. The molecule has 0 radical (unpaired) electrons. The molecule has 2 aromatic rings. The number of nitro benzene ring substituents is 1. The molecule has 1 atom stereocenters. The second-order valence-electron chi connectivity index (χ2n) is 5.58. The largest absolute Gasteiger partial charge is 0.385 e. The Morgan fingerprint density at radius 3 is 2.53 bits per heavy atom. The van der Waals surface area contributed by atoms with Crippen molar-refractivity contribution in [1.29, 1.82) is 0 Å². The van der Waals surface area contributed by atoms with Crippen LogP contribution in [0.1, 0.15) is 39.6 Å². The third kappa shape index (κ3) is 2.31. The third-order valence-corrected chi connectivity index (χ3v) is 2.92. The molecule has 19 heavy (non-hydrogen) atoms. The highest BCUT2D eigenvalue weighted by Crippen LogP contribution is 2.30. The summed E-state index contributed by atoms with van der Waals surface area (Å²) < 4.78 is 1.91. The van der Waals surface area contributed by atoms with Crippen LogP contribution in [0.3, 0.4) is 0 Å². The first-order chi connectivity index (χ1) is 8.71. The van der Waals surface area contributed by atoms with Gasteiger partial charge in [0.05, 0.1) is 16.0 Å². The highest BCUT2D eigenvalue weighted by Gasteiger charge is 2.24. The minimum absolute atomic E-state index is 0.00296. The van der Waals surface area contributed by atoms with Gasteiger partial charge in [-0.15, -0.1) is 0 Å². The van der Waals surface area contributed by atoms with E-state index in [0.717, 1.165) is 5.52 Å². The van der Waals surface area contributed by atoms with E-state index >= 15 is 0 Å². The van der Waals surface area contributed by atoms with Gasteiger partial charge < -0.3 is 9.67 Å². The Morgan fingerprint density at radius 1 is 1.42 bits per heavy atom. The van der Waals surface area contributed by atoms with E-state index in [1.165, 1.54) is 12.1 Å². The molecule has 0 aliphatic heterocycles. The van der Waals surface area contributed by atoms with Crippen molar-refractivity contribution in [3.05, 3.63) is 34.1 Å².